The number of allylic oxidation sites excluding steroid dienone is 1. The number of rotatable bonds is 0. The van der Waals surface area contributed by atoms with Crippen molar-refractivity contribution in [1.82, 2.24) is 0 Å². The minimum atomic E-state index is -0.106. The third-order valence-electron chi connectivity index (χ3n) is 1.96. The molecule has 0 aliphatic heterocycles. The molecule has 1 aliphatic rings. The van der Waals surface area contributed by atoms with Crippen molar-refractivity contribution in [1.29, 1.82) is 0 Å². The van der Waals surface area contributed by atoms with Crippen molar-refractivity contribution in [3.8, 4) is 0 Å². The van der Waals surface area contributed by atoms with E-state index in [-0.39, 0.29) is 6.10 Å². The summed E-state index contributed by atoms with van der Waals surface area (Å²) in [6.45, 7) is 4.18. The fourth-order valence-electron chi connectivity index (χ4n) is 1.17. The first-order valence-corrected chi connectivity index (χ1v) is 3.56. The summed E-state index contributed by atoms with van der Waals surface area (Å²) in [7, 11) is 0. The minimum absolute atomic E-state index is 0.106. The van der Waals surface area contributed by atoms with E-state index < -0.39 is 0 Å². The van der Waals surface area contributed by atoms with Crippen LogP contribution < -0.4 is 0 Å². The summed E-state index contributed by atoms with van der Waals surface area (Å²) in [6, 6.07) is 0. The van der Waals surface area contributed by atoms with Crippen molar-refractivity contribution in [2.75, 3.05) is 0 Å². The third kappa shape index (κ3) is 1.55. The molecule has 3 atom stereocenters. The molecule has 0 fully saturated rings. The van der Waals surface area contributed by atoms with Crippen LogP contribution in [0.3, 0.4) is 0 Å². The zero-order valence-electron chi connectivity index (χ0n) is 6.04. The molecular weight excluding hydrogens is 112 g/mol. The molecule has 1 heteroatoms. The Morgan fingerprint density at radius 2 is 2.00 bits per heavy atom. The van der Waals surface area contributed by atoms with Crippen LogP contribution in [0.4, 0.5) is 0 Å². The van der Waals surface area contributed by atoms with Gasteiger partial charge in [0, 0.05) is 0 Å². The molecule has 1 aliphatic carbocycles. The highest BCUT2D eigenvalue weighted by Gasteiger charge is 2.17. The maximum Gasteiger partial charge on any atom is 0.0605 e. The van der Waals surface area contributed by atoms with Gasteiger partial charge in [0.05, 0.1) is 6.10 Å². The summed E-state index contributed by atoms with van der Waals surface area (Å²) in [4.78, 5) is 0. The monoisotopic (exact) mass is 126 g/mol. The fourth-order valence-corrected chi connectivity index (χ4v) is 1.17. The molecule has 0 bridgehead atoms. The van der Waals surface area contributed by atoms with E-state index in [0.29, 0.717) is 11.8 Å². The first-order valence-electron chi connectivity index (χ1n) is 3.56. The van der Waals surface area contributed by atoms with Gasteiger partial charge in [-0.2, -0.15) is 0 Å². The highest BCUT2D eigenvalue weighted by atomic mass is 16.3. The van der Waals surface area contributed by atoms with Crippen LogP contribution in [0.15, 0.2) is 12.2 Å². The van der Waals surface area contributed by atoms with Crippen LogP contribution in [0.2, 0.25) is 0 Å². The molecule has 9 heavy (non-hydrogen) atoms. The van der Waals surface area contributed by atoms with E-state index in [1.54, 1.807) is 0 Å². The lowest BCUT2D eigenvalue weighted by Crippen LogP contribution is -2.21. The summed E-state index contributed by atoms with van der Waals surface area (Å²) in [5.41, 5.74) is 0. The maximum atomic E-state index is 9.30. The molecule has 0 radical (unpaired) electrons. The number of aliphatic hydroxyl groups is 1. The van der Waals surface area contributed by atoms with E-state index in [4.69, 9.17) is 0 Å². The van der Waals surface area contributed by atoms with E-state index in [0.717, 1.165) is 6.42 Å². The van der Waals surface area contributed by atoms with Gasteiger partial charge in [-0.15, -0.1) is 0 Å². The predicted molar refractivity (Wildman–Crippen MR) is 38.1 cm³/mol. The van der Waals surface area contributed by atoms with Gasteiger partial charge >= 0.3 is 0 Å². The molecular formula is C8H14O. The standard InChI is InChI=1S/C8H14O/c1-6-3-4-7(2)8(9)5-6/h3-4,6-9H,5H2,1-2H3/t6-,7-,8-/m0/s1. The average molecular weight is 126 g/mol. The molecule has 0 spiro atoms. The first-order chi connectivity index (χ1) is 4.20. The molecule has 0 aromatic heterocycles. The second-order valence-electron chi connectivity index (χ2n) is 3.02. The molecule has 1 rings (SSSR count). The second kappa shape index (κ2) is 2.53. The Balaban J connectivity index is 2.54. The van der Waals surface area contributed by atoms with Gasteiger partial charge in [0.25, 0.3) is 0 Å². The Bertz CT molecular complexity index is 118. The van der Waals surface area contributed by atoms with Crippen LogP contribution >= 0.6 is 0 Å². The zero-order valence-corrected chi connectivity index (χ0v) is 6.04. The van der Waals surface area contributed by atoms with Gasteiger partial charge in [-0.25, -0.2) is 0 Å². The lowest BCUT2D eigenvalue weighted by molar-refractivity contribution is 0.111. The SMILES string of the molecule is C[C@H]1C=C[C@H](C)[C@@H](O)C1. The lowest BCUT2D eigenvalue weighted by Gasteiger charge is -2.22. The quantitative estimate of drug-likeness (QED) is 0.488. The van der Waals surface area contributed by atoms with Crippen molar-refractivity contribution < 1.29 is 5.11 Å². The Hall–Kier alpha value is -0.300. The summed E-state index contributed by atoms with van der Waals surface area (Å²) in [5, 5.41) is 9.30. The van der Waals surface area contributed by atoms with Gasteiger partial charge in [-0.1, -0.05) is 26.0 Å². The van der Waals surface area contributed by atoms with Gasteiger partial charge in [-0.05, 0) is 18.3 Å². The fraction of sp³-hybridized carbons (Fsp3) is 0.750. The normalized spacial score (nSPS) is 43.2. The highest BCUT2D eigenvalue weighted by Crippen LogP contribution is 2.21. The zero-order chi connectivity index (χ0) is 6.85. The number of hydrogen-bond acceptors (Lipinski definition) is 1. The molecule has 0 unspecified atom stereocenters. The Morgan fingerprint density at radius 1 is 1.33 bits per heavy atom. The first kappa shape index (κ1) is 6.81. The molecule has 0 saturated carbocycles. The summed E-state index contributed by atoms with van der Waals surface area (Å²) >= 11 is 0. The average Bonchev–Trinajstić information content (AvgIpc) is 1.80. The van der Waals surface area contributed by atoms with Gasteiger partial charge in [-0.3, -0.25) is 0 Å². The van der Waals surface area contributed by atoms with Crippen molar-refractivity contribution >= 4 is 0 Å². The Kier molecular flexibility index (Phi) is 1.91. The molecule has 1 N–H and O–H groups in total. The van der Waals surface area contributed by atoms with Crippen molar-refractivity contribution in [2.45, 2.75) is 26.4 Å². The van der Waals surface area contributed by atoms with Crippen molar-refractivity contribution in [3.05, 3.63) is 12.2 Å². The molecule has 1 nitrogen and oxygen atoms in total. The van der Waals surface area contributed by atoms with Crippen LogP contribution in [0, 0.1) is 11.8 Å². The Labute approximate surface area is 56.4 Å². The van der Waals surface area contributed by atoms with Crippen LogP contribution in [-0.4, -0.2) is 11.2 Å². The Morgan fingerprint density at radius 3 is 2.44 bits per heavy atom. The largest absolute Gasteiger partial charge is 0.393 e. The molecule has 0 aromatic rings. The minimum Gasteiger partial charge on any atom is -0.393 e. The van der Waals surface area contributed by atoms with E-state index in [2.05, 4.69) is 19.1 Å². The van der Waals surface area contributed by atoms with E-state index in [9.17, 15) is 5.11 Å². The van der Waals surface area contributed by atoms with Crippen LogP contribution in [0.25, 0.3) is 0 Å². The van der Waals surface area contributed by atoms with Gasteiger partial charge in [0.2, 0.25) is 0 Å². The summed E-state index contributed by atoms with van der Waals surface area (Å²) < 4.78 is 0. The summed E-state index contributed by atoms with van der Waals surface area (Å²) in [6.07, 6.45) is 5.10. The van der Waals surface area contributed by atoms with Crippen molar-refractivity contribution in [3.63, 3.8) is 0 Å². The van der Waals surface area contributed by atoms with E-state index in [1.165, 1.54) is 0 Å². The molecule has 0 saturated heterocycles. The third-order valence-corrected chi connectivity index (χ3v) is 1.96. The van der Waals surface area contributed by atoms with Gasteiger partial charge in [0.1, 0.15) is 0 Å². The van der Waals surface area contributed by atoms with E-state index >= 15 is 0 Å². The van der Waals surface area contributed by atoms with Crippen LogP contribution in [0.5, 0.6) is 0 Å². The number of aliphatic hydroxyl groups excluding tert-OH is 1. The number of hydrogen-bond donors (Lipinski definition) is 1. The molecule has 52 valence electrons. The van der Waals surface area contributed by atoms with Crippen LogP contribution in [-0.2, 0) is 0 Å². The van der Waals surface area contributed by atoms with Gasteiger partial charge in [0.15, 0.2) is 0 Å². The molecule has 0 amide bonds. The summed E-state index contributed by atoms with van der Waals surface area (Å²) in [5.74, 6) is 0.928. The smallest absolute Gasteiger partial charge is 0.0605 e. The predicted octanol–water partition coefficient (Wildman–Crippen LogP) is 1.58. The second-order valence-corrected chi connectivity index (χ2v) is 3.02. The van der Waals surface area contributed by atoms with Crippen molar-refractivity contribution in [2.24, 2.45) is 11.8 Å². The molecule has 0 heterocycles. The molecule has 0 aromatic carbocycles. The van der Waals surface area contributed by atoms with Gasteiger partial charge < -0.3 is 5.11 Å². The topological polar surface area (TPSA) is 20.2 Å². The van der Waals surface area contributed by atoms with Crippen LogP contribution in [0.1, 0.15) is 20.3 Å². The van der Waals surface area contributed by atoms with E-state index in [1.807, 2.05) is 6.92 Å². The highest BCUT2D eigenvalue weighted by molar-refractivity contribution is 4.98. The maximum absolute atomic E-state index is 9.30. The lowest BCUT2D eigenvalue weighted by atomic mass is 9.88.